The van der Waals surface area contributed by atoms with E-state index in [0.717, 1.165) is 11.1 Å². The van der Waals surface area contributed by atoms with Gasteiger partial charge in [-0.15, -0.1) is 0 Å². The van der Waals surface area contributed by atoms with Gasteiger partial charge in [-0.25, -0.2) is 0 Å². The van der Waals surface area contributed by atoms with E-state index in [0.29, 0.717) is 30.4 Å². The standard InChI is InChI=1S/C20H21ClN2O3/c1-14-7-8-16(21)11-17(14)22-19(24)12-18-20(25)26-10-9-23(18)13-15-5-3-2-4-6-15/h2-8,11,18H,9-10,12-13H2,1H3,(H,22,24)/t18-/m1/s1. The number of nitrogens with zero attached hydrogens (tertiary/aromatic N) is 1. The minimum atomic E-state index is -0.594. The lowest BCUT2D eigenvalue weighted by atomic mass is 10.1. The SMILES string of the molecule is Cc1ccc(Cl)cc1NC(=O)C[C@@H]1C(=O)OCCN1Cc1ccccc1. The van der Waals surface area contributed by atoms with E-state index in [2.05, 4.69) is 5.32 Å². The van der Waals surface area contributed by atoms with Gasteiger partial charge in [0, 0.05) is 23.8 Å². The fourth-order valence-corrected chi connectivity index (χ4v) is 3.16. The Kier molecular flexibility index (Phi) is 5.91. The number of anilines is 1. The molecule has 1 fully saturated rings. The predicted molar refractivity (Wildman–Crippen MR) is 101 cm³/mol. The first kappa shape index (κ1) is 18.4. The van der Waals surface area contributed by atoms with Gasteiger partial charge in [0.25, 0.3) is 0 Å². The molecule has 0 bridgehead atoms. The van der Waals surface area contributed by atoms with Gasteiger partial charge < -0.3 is 10.1 Å². The lowest BCUT2D eigenvalue weighted by molar-refractivity contribution is -0.159. The zero-order valence-corrected chi connectivity index (χ0v) is 15.3. The van der Waals surface area contributed by atoms with E-state index < -0.39 is 6.04 Å². The molecule has 0 saturated carbocycles. The third kappa shape index (κ3) is 4.62. The minimum Gasteiger partial charge on any atom is -0.463 e. The van der Waals surface area contributed by atoms with Crippen molar-refractivity contribution in [2.75, 3.05) is 18.5 Å². The number of esters is 1. The Morgan fingerprint density at radius 2 is 2.04 bits per heavy atom. The third-order valence-corrected chi connectivity index (χ3v) is 4.65. The van der Waals surface area contributed by atoms with E-state index in [1.807, 2.05) is 48.2 Å². The zero-order chi connectivity index (χ0) is 18.5. The van der Waals surface area contributed by atoms with Gasteiger partial charge in [0.05, 0.1) is 6.42 Å². The maximum atomic E-state index is 12.5. The van der Waals surface area contributed by atoms with Crippen molar-refractivity contribution in [3.05, 3.63) is 64.7 Å². The number of aryl methyl sites for hydroxylation is 1. The Labute approximate surface area is 157 Å². The van der Waals surface area contributed by atoms with Crippen LogP contribution in [0.15, 0.2) is 48.5 Å². The van der Waals surface area contributed by atoms with Crippen molar-refractivity contribution >= 4 is 29.2 Å². The first-order valence-corrected chi connectivity index (χ1v) is 8.91. The highest BCUT2D eigenvalue weighted by Gasteiger charge is 2.33. The van der Waals surface area contributed by atoms with Crippen LogP contribution in [0.3, 0.4) is 0 Å². The summed E-state index contributed by atoms with van der Waals surface area (Å²) in [5, 5.41) is 3.40. The average molecular weight is 373 g/mol. The number of cyclic esters (lactones) is 1. The second kappa shape index (κ2) is 8.34. The van der Waals surface area contributed by atoms with Crippen LogP contribution in [-0.4, -0.2) is 36.0 Å². The van der Waals surface area contributed by atoms with Crippen LogP contribution in [0.4, 0.5) is 5.69 Å². The summed E-state index contributed by atoms with van der Waals surface area (Å²) in [4.78, 5) is 26.7. The molecule has 1 atom stereocenters. The minimum absolute atomic E-state index is 0.0393. The summed E-state index contributed by atoms with van der Waals surface area (Å²) in [6.45, 7) is 3.44. The molecule has 3 rings (SSSR count). The van der Waals surface area contributed by atoms with Crippen molar-refractivity contribution < 1.29 is 14.3 Å². The van der Waals surface area contributed by atoms with Crippen LogP contribution in [0.25, 0.3) is 0 Å². The fraction of sp³-hybridized carbons (Fsp3) is 0.300. The molecule has 1 aliphatic heterocycles. The van der Waals surface area contributed by atoms with Crippen LogP contribution in [0.1, 0.15) is 17.5 Å². The number of benzene rings is 2. The molecule has 1 N–H and O–H groups in total. The Bertz CT molecular complexity index is 795. The molecule has 0 aliphatic carbocycles. The molecule has 0 spiro atoms. The smallest absolute Gasteiger partial charge is 0.323 e. The van der Waals surface area contributed by atoms with Crippen LogP contribution >= 0.6 is 11.6 Å². The molecule has 1 saturated heterocycles. The summed E-state index contributed by atoms with van der Waals surface area (Å²) in [5.41, 5.74) is 2.66. The molecule has 1 heterocycles. The average Bonchev–Trinajstić information content (AvgIpc) is 2.62. The van der Waals surface area contributed by atoms with Gasteiger partial charge in [0.2, 0.25) is 5.91 Å². The number of morpholine rings is 1. The van der Waals surface area contributed by atoms with Crippen molar-refractivity contribution in [2.45, 2.75) is 25.9 Å². The normalized spacial score (nSPS) is 17.6. The highest BCUT2D eigenvalue weighted by atomic mass is 35.5. The Morgan fingerprint density at radius 3 is 2.81 bits per heavy atom. The summed E-state index contributed by atoms with van der Waals surface area (Å²) in [6.07, 6.45) is 0.0393. The van der Waals surface area contributed by atoms with Crippen LogP contribution < -0.4 is 5.32 Å². The predicted octanol–water partition coefficient (Wildman–Crippen LogP) is 3.40. The molecule has 1 amide bonds. The summed E-state index contributed by atoms with van der Waals surface area (Å²) < 4.78 is 5.17. The molecule has 1 aliphatic rings. The first-order chi connectivity index (χ1) is 12.5. The monoisotopic (exact) mass is 372 g/mol. The summed E-state index contributed by atoms with van der Waals surface area (Å²) >= 11 is 6.00. The molecule has 0 aromatic heterocycles. The van der Waals surface area contributed by atoms with E-state index in [4.69, 9.17) is 16.3 Å². The number of nitrogens with one attached hydrogen (secondary N) is 1. The quantitative estimate of drug-likeness (QED) is 0.817. The number of ether oxygens (including phenoxy) is 1. The second-order valence-electron chi connectivity index (χ2n) is 6.35. The molecular weight excluding hydrogens is 352 g/mol. The van der Waals surface area contributed by atoms with Gasteiger partial charge in [-0.2, -0.15) is 0 Å². The fourth-order valence-electron chi connectivity index (χ4n) is 2.99. The maximum absolute atomic E-state index is 12.5. The van der Waals surface area contributed by atoms with Crippen molar-refractivity contribution in [3.63, 3.8) is 0 Å². The van der Waals surface area contributed by atoms with Crippen molar-refractivity contribution in [2.24, 2.45) is 0 Å². The van der Waals surface area contributed by atoms with Gasteiger partial charge in [0.1, 0.15) is 12.6 Å². The highest BCUT2D eigenvalue weighted by Crippen LogP contribution is 2.22. The van der Waals surface area contributed by atoms with E-state index >= 15 is 0 Å². The molecule has 2 aromatic carbocycles. The number of hydrogen-bond acceptors (Lipinski definition) is 4. The van der Waals surface area contributed by atoms with Crippen LogP contribution in [0.5, 0.6) is 0 Å². The van der Waals surface area contributed by atoms with Crippen LogP contribution in [-0.2, 0) is 20.9 Å². The van der Waals surface area contributed by atoms with Crippen molar-refractivity contribution in [1.29, 1.82) is 0 Å². The number of carbonyl (C=O) groups is 2. The second-order valence-corrected chi connectivity index (χ2v) is 6.79. The zero-order valence-electron chi connectivity index (χ0n) is 14.6. The van der Waals surface area contributed by atoms with E-state index in [1.54, 1.807) is 12.1 Å². The number of amides is 1. The molecular formula is C20H21ClN2O3. The lowest BCUT2D eigenvalue weighted by Gasteiger charge is -2.33. The van der Waals surface area contributed by atoms with Crippen molar-refractivity contribution in [1.82, 2.24) is 4.90 Å². The molecule has 26 heavy (non-hydrogen) atoms. The molecule has 2 aromatic rings. The summed E-state index contributed by atoms with van der Waals surface area (Å²) in [5.74, 6) is -0.595. The Morgan fingerprint density at radius 1 is 1.27 bits per heavy atom. The Balaban J connectivity index is 1.69. The Hall–Kier alpha value is -2.37. The van der Waals surface area contributed by atoms with E-state index in [1.165, 1.54) is 0 Å². The van der Waals surface area contributed by atoms with Crippen molar-refractivity contribution in [3.8, 4) is 0 Å². The topological polar surface area (TPSA) is 58.6 Å². The maximum Gasteiger partial charge on any atom is 0.323 e. The first-order valence-electron chi connectivity index (χ1n) is 8.53. The van der Waals surface area contributed by atoms with Gasteiger partial charge in [-0.1, -0.05) is 48.0 Å². The molecule has 5 nitrogen and oxygen atoms in total. The highest BCUT2D eigenvalue weighted by molar-refractivity contribution is 6.31. The largest absolute Gasteiger partial charge is 0.463 e. The molecule has 136 valence electrons. The molecule has 0 unspecified atom stereocenters. The van der Waals surface area contributed by atoms with E-state index in [-0.39, 0.29) is 18.3 Å². The molecule has 0 radical (unpaired) electrons. The van der Waals surface area contributed by atoms with E-state index in [9.17, 15) is 9.59 Å². The number of hydrogen-bond donors (Lipinski definition) is 1. The number of halogens is 1. The van der Waals surface area contributed by atoms with Gasteiger partial charge in [0.15, 0.2) is 0 Å². The molecule has 6 heteroatoms. The summed E-state index contributed by atoms with van der Waals surface area (Å²) in [6, 6.07) is 14.6. The van der Waals surface area contributed by atoms with Crippen LogP contribution in [0, 0.1) is 6.92 Å². The van der Waals surface area contributed by atoms with Crippen LogP contribution in [0.2, 0.25) is 5.02 Å². The van der Waals surface area contributed by atoms with Gasteiger partial charge >= 0.3 is 5.97 Å². The number of rotatable bonds is 5. The number of carbonyl (C=O) groups excluding carboxylic acids is 2. The van der Waals surface area contributed by atoms with Gasteiger partial charge in [-0.3, -0.25) is 14.5 Å². The van der Waals surface area contributed by atoms with Gasteiger partial charge in [-0.05, 0) is 30.2 Å². The summed E-state index contributed by atoms with van der Waals surface area (Å²) in [7, 11) is 0. The lowest BCUT2D eigenvalue weighted by Crippen LogP contribution is -2.49. The third-order valence-electron chi connectivity index (χ3n) is 4.42.